The van der Waals surface area contributed by atoms with Crippen LogP contribution in [0.3, 0.4) is 0 Å². The summed E-state index contributed by atoms with van der Waals surface area (Å²) >= 11 is 0. The van der Waals surface area contributed by atoms with Gasteiger partial charge in [0.2, 0.25) is 5.91 Å². The smallest absolute Gasteiger partial charge is 0.347 e. The van der Waals surface area contributed by atoms with Gasteiger partial charge in [-0.15, -0.1) is 0 Å². The van der Waals surface area contributed by atoms with Crippen LogP contribution in [0, 0.1) is 0 Å². The maximum absolute atomic E-state index is 11.6. The van der Waals surface area contributed by atoms with Crippen molar-refractivity contribution in [2.75, 3.05) is 6.61 Å². The Labute approximate surface area is 91.9 Å². The predicted octanol–water partition coefficient (Wildman–Crippen LogP) is -1.12. The number of carbonyl (C=O) groups is 1. The summed E-state index contributed by atoms with van der Waals surface area (Å²) in [5, 5.41) is 11.7. The molecule has 0 radical (unpaired) electrons. The number of amides is 1. The Morgan fingerprint density at radius 1 is 1.62 bits per heavy atom. The third kappa shape index (κ3) is 2.27. The highest BCUT2D eigenvalue weighted by atomic mass is 16.3. The van der Waals surface area contributed by atoms with Gasteiger partial charge in [-0.25, -0.2) is 9.78 Å². The lowest BCUT2D eigenvalue weighted by Gasteiger charge is -2.14. The first-order chi connectivity index (χ1) is 7.65. The fourth-order valence-electron chi connectivity index (χ4n) is 1.47. The molecule has 1 saturated carbocycles. The summed E-state index contributed by atoms with van der Waals surface area (Å²) in [6.07, 6.45) is 4.47. The highest BCUT2D eigenvalue weighted by Crippen LogP contribution is 2.34. The quantitative estimate of drug-likeness (QED) is 0.677. The van der Waals surface area contributed by atoms with Crippen LogP contribution in [0.25, 0.3) is 0 Å². The largest absolute Gasteiger partial charge is 0.394 e. The molecule has 16 heavy (non-hydrogen) atoms. The van der Waals surface area contributed by atoms with E-state index in [2.05, 4.69) is 10.3 Å². The number of hydrogen-bond acceptors (Lipinski definition) is 4. The van der Waals surface area contributed by atoms with Crippen LogP contribution in [0.1, 0.15) is 12.8 Å². The minimum absolute atomic E-state index is 0.0549. The average molecular weight is 223 g/mol. The zero-order chi connectivity index (χ0) is 11.6. The van der Waals surface area contributed by atoms with Crippen molar-refractivity contribution in [2.24, 2.45) is 0 Å². The van der Waals surface area contributed by atoms with Crippen LogP contribution in [0.4, 0.5) is 0 Å². The van der Waals surface area contributed by atoms with E-state index in [9.17, 15) is 9.59 Å². The molecule has 1 aliphatic rings. The zero-order valence-electron chi connectivity index (χ0n) is 8.72. The van der Waals surface area contributed by atoms with Gasteiger partial charge in [0.25, 0.3) is 0 Å². The number of aliphatic hydroxyl groups is 1. The van der Waals surface area contributed by atoms with Crippen molar-refractivity contribution in [3.63, 3.8) is 0 Å². The topological polar surface area (TPSA) is 84.2 Å². The van der Waals surface area contributed by atoms with Crippen LogP contribution in [-0.2, 0) is 11.3 Å². The monoisotopic (exact) mass is 223 g/mol. The van der Waals surface area contributed by atoms with E-state index in [0.717, 1.165) is 12.8 Å². The number of nitrogens with zero attached hydrogens (tertiary/aromatic N) is 2. The molecular formula is C10H13N3O3. The van der Waals surface area contributed by atoms with E-state index < -0.39 is 11.2 Å². The molecule has 6 heteroatoms. The maximum atomic E-state index is 11.6. The predicted molar refractivity (Wildman–Crippen MR) is 55.7 cm³/mol. The highest BCUT2D eigenvalue weighted by molar-refractivity contribution is 5.77. The lowest BCUT2D eigenvalue weighted by atomic mass is 10.3. The molecule has 0 aliphatic heterocycles. The molecule has 2 rings (SSSR count). The number of hydrogen-bond donors (Lipinski definition) is 2. The van der Waals surface area contributed by atoms with Gasteiger partial charge in [0.05, 0.1) is 12.1 Å². The van der Waals surface area contributed by atoms with Gasteiger partial charge in [-0.05, 0) is 18.9 Å². The molecule has 1 heterocycles. The van der Waals surface area contributed by atoms with Crippen LogP contribution in [-0.4, -0.2) is 32.7 Å². The van der Waals surface area contributed by atoms with Gasteiger partial charge < -0.3 is 10.4 Å². The summed E-state index contributed by atoms with van der Waals surface area (Å²) in [5.41, 5.74) is -0.894. The van der Waals surface area contributed by atoms with Crippen molar-refractivity contribution in [3.05, 3.63) is 28.9 Å². The fourth-order valence-corrected chi connectivity index (χ4v) is 1.47. The maximum Gasteiger partial charge on any atom is 0.347 e. The summed E-state index contributed by atoms with van der Waals surface area (Å²) in [4.78, 5) is 26.3. The van der Waals surface area contributed by atoms with Crippen molar-refractivity contribution in [2.45, 2.75) is 24.9 Å². The summed E-state index contributed by atoms with van der Waals surface area (Å²) < 4.78 is 1.22. The normalized spacial score (nSPS) is 16.8. The first kappa shape index (κ1) is 10.8. The zero-order valence-corrected chi connectivity index (χ0v) is 8.72. The molecule has 0 bridgehead atoms. The lowest BCUT2D eigenvalue weighted by Crippen LogP contribution is -2.42. The van der Waals surface area contributed by atoms with E-state index in [1.165, 1.54) is 17.0 Å². The average Bonchev–Trinajstić information content (AvgIpc) is 3.02. The van der Waals surface area contributed by atoms with E-state index in [1.54, 1.807) is 6.07 Å². The number of rotatable bonds is 4. The lowest BCUT2D eigenvalue weighted by molar-refractivity contribution is -0.123. The van der Waals surface area contributed by atoms with Gasteiger partial charge in [-0.1, -0.05) is 0 Å². The van der Waals surface area contributed by atoms with E-state index in [1.807, 2.05) is 0 Å². The molecule has 0 saturated heterocycles. The second-order valence-electron chi connectivity index (χ2n) is 4.02. The van der Waals surface area contributed by atoms with E-state index in [-0.39, 0.29) is 19.1 Å². The first-order valence-corrected chi connectivity index (χ1v) is 5.09. The van der Waals surface area contributed by atoms with Gasteiger partial charge in [0.1, 0.15) is 6.54 Å². The minimum atomic E-state index is -0.452. The molecule has 6 nitrogen and oxygen atoms in total. The van der Waals surface area contributed by atoms with Gasteiger partial charge in [0, 0.05) is 12.4 Å². The van der Waals surface area contributed by atoms with Gasteiger partial charge in [-0.3, -0.25) is 9.36 Å². The van der Waals surface area contributed by atoms with Crippen molar-refractivity contribution >= 4 is 5.91 Å². The highest BCUT2D eigenvalue weighted by Gasteiger charge is 2.43. The molecule has 2 N–H and O–H groups in total. The molecule has 1 fully saturated rings. The van der Waals surface area contributed by atoms with Crippen molar-refractivity contribution in [3.8, 4) is 0 Å². The second-order valence-corrected chi connectivity index (χ2v) is 4.02. The van der Waals surface area contributed by atoms with Crippen molar-refractivity contribution < 1.29 is 9.90 Å². The molecule has 0 unspecified atom stereocenters. The molecule has 86 valence electrons. The summed E-state index contributed by atoms with van der Waals surface area (Å²) in [7, 11) is 0. The molecule has 0 aromatic carbocycles. The van der Waals surface area contributed by atoms with E-state index in [4.69, 9.17) is 5.11 Å². The Balaban J connectivity index is 1.98. The second kappa shape index (κ2) is 4.05. The number of nitrogens with one attached hydrogen (secondary N) is 1. The fraction of sp³-hybridized carbons (Fsp3) is 0.500. The van der Waals surface area contributed by atoms with Gasteiger partial charge in [0.15, 0.2) is 0 Å². The number of carbonyl (C=O) groups excluding carboxylic acids is 1. The molecule has 1 aromatic rings. The third-order valence-electron chi connectivity index (χ3n) is 2.66. The van der Waals surface area contributed by atoms with Crippen LogP contribution in [0.2, 0.25) is 0 Å². The van der Waals surface area contributed by atoms with Crippen LogP contribution in [0.15, 0.2) is 23.3 Å². The molecule has 0 atom stereocenters. The summed E-state index contributed by atoms with van der Waals surface area (Å²) in [6.45, 7) is -0.116. The molecule has 1 aromatic heterocycles. The Hall–Kier alpha value is -1.69. The number of aliphatic hydroxyl groups excluding tert-OH is 1. The SMILES string of the molecule is O=C(Cn1cccnc1=O)NC1(CO)CC1. The Morgan fingerprint density at radius 2 is 2.38 bits per heavy atom. The Kier molecular flexibility index (Phi) is 2.74. The standard InChI is InChI=1S/C10H13N3O3/c14-7-10(2-3-10)12-8(15)6-13-5-1-4-11-9(13)16/h1,4-5,14H,2-3,6-7H2,(H,12,15). The Morgan fingerprint density at radius 3 is 2.94 bits per heavy atom. The molecule has 1 amide bonds. The summed E-state index contributed by atoms with van der Waals surface area (Å²) in [5.74, 6) is -0.276. The molecular weight excluding hydrogens is 210 g/mol. The van der Waals surface area contributed by atoms with Gasteiger partial charge >= 0.3 is 5.69 Å². The Bertz CT molecular complexity index is 451. The van der Waals surface area contributed by atoms with Crippen LogP contribution < -0.4 is 11.0 Å². The molecule has 0 spiro atoms. The first-order valence-electron chi connectivity index (χ1n) is 5.09. The number of aromatic nitrogens is 2. The van der Waals surface area contributed by atoms with Crippen molar-refractivity contribution in [1.29, 1.82) is 0 Å². The third-order valence-corrected chi connectivity index (χ3v) is 2.66. The van der Waals surface area contributed by atoms with Crippen LogP contribution >= 0.6 is 0 Å². The van der Waals surface area contributed by atoms with E-state index in [0.29, 0.717) is 0 Å². The van der Waals surface area contributed by atoms with Crippen molar-refractivity contribution in [1.82, 2.24) is 14.9 Å². The summed E-state index contributed by atoms with van der Waals surface area (Å²) in [6, 6.07) is 1.59. The minimum Gasteiger partial charge on any atom is -0.394 e. The molecule has 1 aliphatic carbocycles. The van der Waals surface area contributed by atoms with Gasteiger partial charge in [-0.2, -0.15) is 0 Å². The van der Waals surface area contributed by atoms with E-state index >= 15 is 0 Å². The van der Waals surface area contributed by atoms with Crippen LogP contribution in [0.5, 0.6) is 0 Å².